The van der Waals surface area contributed by atoms with E-state index in [0.717, 1.165) is 68.1 Å². The zero-order valence-electron chi connectivity index (χ0n) is 20.0. The molecule has 3 heterocycles. The molecule has 0 atom stereocenters. The van der Waals surface area contributed by atoms with E-state index in [1.807, 2.05) is 12.1 Å². The minimum absolute atomic E-state index is 0.130. The smallest absolute Gasteiger partial charge is 0.197 e. The van der Waals surface area contributed by atoms with Gasteiger partial charge in [-0.25, -0.2) is 0 Å². The van der Waals surface area contributed by atoms with Crippen LogP contribution in [0.3, 0.4) is 0 Å². The van der Waals surface area contributed by atoms with E-state index < -0.39 is 0 Å². The number of likely N-dealkylation sites (N-methyl/N-ethyl adjacent to an activating group) is 2. The molecule has 0 aliphatic carbocycles. The highest BCUT2D eigenvalue weighted by Crippen LogP contribution is 2.41. The third-order valence-electron chi connectivity index (χ3n) is 6.92. The summed E-state index contributed by atoms with van der Waals surface area (Å²) < 4.78 is 12.0. The summed E-state index contributed by atoms with van der Waals surface area (Å²) >= 11 is 0. The molecule has 1 saturated heterocycles. The highest BCUT2D eigenvalue weighted by Gasteiger charge is 2.23. The van der Waals surface area contributed by atoms with E-state index >= 15 is 0 Å². The van der Waals surface area contributed by atoms with E-state index in [2.05, 4.69) is 47.0 Å². The van der Waals surface area contributed by atoms with Crippen molar-refractivity contribution in [2.75, 3.05) is 65.4 Å². The topological polar surface area (TPSA) is 69.4 Å². The number of hydrogen-bond acceptors (Lipinski definition) is 7. The summed E-state index contributed by atoms with van der Waals surface area (Å²) in [6.45, 7) is 5.77. The molecule has 2 aliphatic heterocycles. The van der Waals surface area contributed by atoms with Gasteiger partial charge in [-0.1, -0.05) is 6.08 Å². The molecule has 1 aromatic heterocycles. The van der Waals surface area contributed by atoms with E-state index in [0.29, 0.717) is 17.1 Å². The maximum Gasteiger partial charge on any atom is 0.197 e. The van der Waals surface area contributed by atoms with Gasteiger partial charge in [-0.3, -0.25) is 4.79 Å². The number of phenolic OH excluding ortho intramolecular Hbond substituents is 1. The standard InChI is InChI=1S/C27H31N3O4/c1-28-10-8-19(9-11-28)25-24(33-3)17-22(32)26-21(31)16-23(34-27(25)26)18-4-6-20(7-5-18)30-14-12-29(2)13-15-30/h4-8,16-17,32H,9-15H2,1-3H3. The molecule has 0 bridgehead atoms. The molecular formula is C27H31N3O4. The molecule has 1 fully saturated rings. The summed E-state index contributed by atoms with van der Waals surface area (Å²) in [5.41, 5.74) is 3.90. The van der Waals surface area contributed by atoms with Crippen LogP contribution in [0.15, 0.2) is 51.7 Å². The number of piperazine rings is 1. The number of benzene rings is 2. The van der Waals surface area contributed by atoms with Crippen molar-refractivity contribution in [3.8, 4) is 22.8 Å². The molecule has 0 spiro atoms. The van der Waals surface area contributed by atoms with Gasteiger partial charge in [0.1, 0.15) is 22.6 Å². The molecule has 2 aliphatic rings. The van der Waals surface area contributed by atoms with E-state index in [4.69, 9.17) is 9.15 Å². The highest BCUT2D eigenvalue weighted by molar-refractivity contribution is 5.97. The second-order valence-corrected chi connectivity index (χ2v) is 9.23. The zero-order chi connectivity index (χ0) is 23.8. The minimum atomic E-state index is -0.269. The van der Waals surface area contributed by atoms with Crippen LogP contribution in [0.4, 0.5) is 5.69 Å². The van der Waals surface area contributed by atoms with Crippen molar-refractivity contribution in [1.82, 2.24) is 9.80 Å². The van der Waals surface area contributed by atoms with Crippen LogP contribution in [0.5, 0.6) is 11.5 Å². The lowest BCUT2D eigenvalue weighted by Crippen LogP contribution is -2.44. The third kappa shape index (κ3) is 4.17. The fraction of sp³-hybridized carbons (Fsp3) is 0.370. The van der Waals surface area contributed by atoms with Crippen LogP contribution >= 0.6 is 0 Å². The first-order valence-corrected chi connectivity index (χ1v) is 11.7. The Morgan fingerprint density at radius 3 is 2.35 bits per heavy atom. The lowest BCUT2D eigenvalue weighted by atomic mass is 9.95. The molecule has 5 rings (SSSR count). The Bertz CT molecular complexity index is 1290. The number of fused-ring (bicyclic) bond motifs is 1. The Morgan fingerprint density at radius 2 is 1.71 bits per heavy atom. The summed E-state index contributed by atoms with van der Waals surface area (Å²) in [6.07, 6.45) is 2.94. The number of anilines is 1. The van der Waals surface area contributed by atoms with Gasteiger partial charge in [-0.05, 0) is 50.4 Å². The molecule has 3 aromatic rings. The van der Waals surface area contributed by atoms with Crippen molar-refractivity contribution in [2.45, 2.75) is 6.42 Å². The van der Waals surface area contributed by atoms with E-state index in [9.17, 15) is 9.90 Å². The zero-order valence-corrected chi connectivity index (χ0v) is 20.0. The predicted octanol–water partition coefficient (Wildman–Crippen LogP) is 3.64. The van der Waals surface area contributed by atoms with E-state index in [1.165, 1.54) is 12.1 Å². The van der Waals surface area contributed by atoms with Crippen LogP contribution in [0, 0.1) is 0 Å². The average molecular weight is 462 g/mol. The molecule has 0 radical (unpaired) electrons. The largest absolute Gasteiger partial charge is 0.507 e. The van der Waals surface area contributed by atoms with Gasteiger partial charge >= 0.3 is 0 Å². The van der Waals surface area contributed by atoms with Gasteiger partial charge in [0.15, 0.2) is 11.0 Å². The molecule has 0 unspecified atom stereocenters. The maximum absolute atomic E-state index is 13.1. The summed E-state index contributed by atoms with van der Waals surface area (Å²) in [5, 5.41) is 10.8. The number of nitrogens with zero attached hydrogens (tertiary/aromatic N) is 3. The molecular weight excluding hydrogens is 430 g/mol. The van der Waals surface area contributed by atoms with Crippen molar-refractivity contribution in [3.63, 3.8) is 0 Å². The molecule has 7 nitrogen and oxygen atoms in total. The van der Waals surface area contributed by atoms with Crippen molar-refractivity contribution in [2.24, 2.45) is 0 Å². The highest BCUT2D eigenvalue weighted by atomic mass is 16.5. The first-order valence-electron chi connectivity index (χ1n) is 11.7. The number of aromatic hydroxyl groups is 1. The first kappa shape index (κ1) is 22.5. The Balaban J connectivity index is 1.59. The van der Waals surface area contributed by atoms with Gasteiger partial charge < -0.3 is 29.0 Å². The molecule has 2 aromatic carbocycles. The quantitative estimate of drug-likeness (QED) is 0.636. The van der Waals surface area contributed by atoms with Crippen LogP contribution in [0.2, 0.25) is 0 Å². The van der Waals surface area contributed by atoms with Gasteiger partial charge in [0.05, 0.1) is 12.7 Å². The number of rotatable bonds is 4. The fourth-order valence-corrected chi connectivity index (χ4v) is 4.80. The molecule has 7 heteroatoms. The van der Waals surface area contributed by atoms with Gasteiger partial charge in [0, 0.05) is 62.7 Å². The lowest BCUT2D eigenvalue weighted by molar-refractivity contribution is 0.313. The molecule has 1 N–H and O–H groups in total. The number of phenols is 1. The lowest BCUT2D eigenvalue weighted by Gasteiger charge is -2.34. The summed E-state index contributed by atoms with van der Waals surface area (Å²) in [7, 11) is 5.78. The van der Waals surface area contributed by atoms with Crippen LogP contribution < -0.4 is 15.1 Å². The number of methoxy groups -OCH3 is 1. The third-order valence-corrected chi connectivity index (χ3v) is 6.92. The van der Waals surface area contributed by atoms with Crippen molar-refractivity contribution in [3.05, 3.63) is 58.3 Å². The SMILES string of the molecule is COc1cc(O)c2c(=O)cc(-c3ccc(N4CCN(C)CC4)cc3)oc2c1C1=CCN(C)CC1. The van der Waals surface area contributed by atoms with E-state index in [-0.39, 0.29) is 16.6 Å². The van der Waals surface area contributed by atoms with Crippen LogP contribution in [0.1, 0.15) is 12.0 Å². The van der Waals surface area contributed by atoms with Crippen LogP contribution in [0.25, 0.3) is 27.9 Å². The van der Waals surface area contributed by atoms with E-state index in [1.54, 1.807) is 7.11 Å². The Kier molecular flexibility index (Phi) is 6.06. The fourth-order valence-electron chi connectivity index (χ4n) is 4.80. The Labute approximate surface area is 199 Å². The second kappa shape index (κ2) is 9.16. The van der Waals surface area contributed by atoms with Crippen molar-refractivity contribution < 1.29 is 14.3 Å². The summed E-state index contributed by atoms with van der Waals surface area (Å²) in [4.78, 5) is 20.0. The monoisotopic (exact) mass is 461 g/mol. The van der Waals surface area contributed by atoms with Crippen LogP contribution in [-0.2, 0) is 0 Å². The normalized spacial score (nSPS) is 17.7. The molecule has 34 heavy (non-hydrogen) atoms. The number of ether oxygens (including phenoxy) is 1. The van der Waals surface area contributed by atoms with Crippen LogP contribution in [-0.4, -0.2) is 75.4 Å². The molecule has 0 saturated carbocycles. The Morgan fingerprint density at radius 1 is 0.971 bits per heavy atom. The summed E-state index contributed by atoms with van der Waals surface area (Å²) in [5.74, 6) is 0.853. The van der Waals surface area contributed by atoms with Gasteiger partial charge in [-0.15, -0.1) is 0 Å². The van der Waals surface area contributed by atoms with Gasteiger partial charge in [0.25, 0.3) is 0 Å². The second-order valence-electron chi connectivity index (χ2n) is 9.23. The predicted molar refractivity (Wildman–Crippen MR) is 136 cm³/mol. The average Bonchev–Trinajstić information content (AvgIpc) is 2.85. The number of hydrogen-bond donors (Lipinski definition) is 1. The van der Waals surface area contributed by atoms with Gasteiger partial charge in [0.2, 0.25) is 0 Å². The van der Waals surface area contributed by atoms with Crippen molar-refractivity contribution in [1.29, 1.82) is 0 Å². The Hall–Kier alpha value is -3.29. The minimum Gasteiger partial charge on any atom is -0.507 e. The molecule has 178 valence electrons. The maximum atomic E-state index is 13.1. The van der Waals surface area contributed by atoms with Crippen molar-refractivity contribution >= 4 is 22.2 Å². The summed E-state index contributed by atoms with van der Waals surface area (Å²) in [6, 6.07) is 11.1. The first-order chi connectivity index (χ1) is 16.4. The van der Waals surface area contributed by atoms with Gasteiger partial charge in [-0.2, -0.15) is 0 Å². The molecule has 0 amide bonds.